The second-order valence-corrected chi connectivity index (χ2v) is 4.69. The van der Waals surface area contributed by atoms with E-state index in [1.165, 1.54) is 0 Å². The predicted octanol–water partition coefficient (Wildman–Crippen LogP) is 0.980. The smallest absolute Gasteiger partial charge is 0.404 e. The van der Waals surface area contributed by atoms with Gasteiger partial charge in [0.05, 0.1) is 12.1 Å². The molecule has 1 saturated heterocycles. The summed E-state index contributed by atoms with van der Waals surface area (Å²) < 4.78 is 0. The van der Waals surface area contributed by atoms with E-state index in [2.05, 4.69) is 10.6 Å². The molecule has 0 aromatic heterocycles. The molecule has 1 saturated carbocycles. The number of amides is 3. The molecule has 6 heteroatoms. The van der Waals surface area contributed by atoms with Gasteiger partial charge in [0, 0.05) is 13.1 Å². The van der Waals surface area contributed by atoms with Crippen LogP contribution in [-0.2, 0) is 0 Å². The van der Waals surface area contributed by atoms with E-state index in [-0.39, 0.29) is 18.1 Å². The predicted molar refractivity (Wildman–Crippen MR) is 61.9 cm³/mol. The molecule has 96 valence electrons. The summed E-state index contributed by atoms with van der Waals surface area (Å²) in [5.74, 6) is 0. The minimum absolute atomic E-state index is 0.0140. The number of carboxylic acid groups (broad SMARTS) is 1. The topological polar surface area (TPSA) is 81.7 Å². The lowest BCUT2D eigenvalue weighted by atomic mass is 9.89. The van der Waals surface area contributed by atoms with Crippen LogP contribution in [0, 0.1) is 0 Å². The van der Waals surface area contributed by atoms with Crippen molar-refractivity contribution in [3.05, 3.63) is 0 Å². The molecule has 0 aromatic carbocycles. The van der Waals surface area contributed by atoms with Crippen molar-refractivity contribution in [1.29, 1.82) is 0 Å². The van der Waals surface area contributed by atoms with Gasteiger partial charge < -0.3 is 20.6 Å². The van der Waals surface area contributed by atoms with E-state index in [9.17, 15) is 9.59 Å². The molecule has 1 aliphatic heterocycles. The number of nitrogens with one attached hydrogen (secondary N) is 2. The van der Waals surface area contributed by atoms with Gasteiger partial charge in [0.15, 0.2) is 0 Å². The van der Waals surface area contributed by atoms with Crippen LogP contribution in [0.4, 0.5) is 9.59 Å². The number of hydrogen-bond acceptors (Lipinski definition) is 2. The normalized spacial score (nSPS) is 29.6. The Balaban J connectivity index is 2.04. The van der Waals surface area contributed by atoms with Crippen molar-refractivity contribution in [2.45, 2.75) is 44.2 Å². The van der Waals surface area contributed by atoms with E-state index in [1.807, 2.05) is 0 Å². The second-order valence-electron chi connectivity index (χ2n) is 4.69. The fraction of sp³-hybridized carbons (Fsp3) is 0.818. The van der Waals surface area contributed by atoms with E-state index in [0.717, 1.165) is 45.2 Å². The van der Waals surface area contributed by atoms with E-state index in [4.69, 9.17) is 5.11 Å². The van der Waals surface area contributed by atoms with Gasteiger partial charge in [-0.15, -0.1) is 0 Å². The lowest BCUT2D eigenvalue weighted by molar-refractivity contribution is 0.117. The Morgan fingerprint density at radius 1 is 1.35 bits per heavy atom. The first-order valence-corrected chi connectivity index (χ1v) is 6.22. The summed E-state index contributed by atoms with van der Waals surface area (Å²) in [4.78, 5) is 24.3. The molecule has 0 spiro atoms. The molecule has 1 heterocycles. The molecule has 2 fully saturated rings. The molecular weight excluding hydrogens is 222 g/mol. The maximum absolute atomic E-state index is 11.8. The molecule has 3 amide bonds. The highest BCUT2D eigenvalue weighted by molar-refractivity contribution is 5.75. The van der Waals surface area contributed by atoms with Crippen LogP contribution in [0.3, 0.4) is 0 Å². The van der Waals surface area contributed by atoms with Crippen molar-refractivity contribution in [2.24, 2.45) is 0 Å². The first-order valence-electron chi connectivity index (χ1n) is 6.22. The molecule has 2 rings (SSSR count). The van der Waals surface area contributed by atoms with Crippen LogP contribution in [0.5, 0.6) is 0 Å². The molecule has 1 aliphatic carbocycles. The average molecular weight is 241 g/mol. The summed E-state index contributed by atoms with van der Waals surface area (Å²) in [6.07, 6.45) is 3.73. The Labute approximate surface area is 100 Å². The van der Waals surface area contributed by atoms with Crippen LogP contribution in [0.1, 0.15) is 32.1 Å². The van der Waals surface area contributed by atoms with Crippen LogP contribution in [0.15, 0.2) is 0 Å². The SMILES string of the molecule is O=C(O)N[C@@H]1CCCC[C@H]1N1CCCNC1=O. The highest BCUT2D eigenvalue weighted by Gasteiger charge is 2.34. The summed E-state index contributed by atoms with van der Waals surface area (Å²) in [5.41, 5.74) is 0. The zero-order chi connectivity index (χ0) is 12.3. The maximum atomic E-state index is 11.8. The summed E-state index contributed by atoms with van der Waals surface area (Å²) >= 11 is 0. The Kier molecular flexibility index (Phi) is 3.71. The number of rotatable bonds is 2. The van der Waals surface area contributed by atoms with Crippen LogP contribution >= 0.6 is 0 Å². The van der Waals surface area contributed by atoms with Crippen molar-refractivity contribution in [2.75, 3.05) is 13.1 Å². The van der Waals surface area contributed by atoms with Crippen molar-refractivity contribution in [1.82, 2.24) is 15.5 Å². The van der Waals surface area contributed by atoms with Crippen LogP contribution in [0.25, 0.3) is 0 Å². The summed E-state index contributed by atoms with van der Waals surface area (Å²) in [5, 5.41) is 14.2. The third-order valence-corrected chi connectivity index (χ3v) is 3.55. The number of carbonyl (C=O) groups excluding carboxylic acids is 1. The van der Waals surface area contributed by atoms with Crippen LogP contribution in [0.2, 0.25) is 0 Å². The molecule has 0 radical (unpaired) electrons. The largest absolute Gasteiger partial charge is 0.465 e. The first-order chi connectivity index (χ1) is 8.18. The highest BCUT2D eigenvalue weighted by Crippen LogP contribution is 2.24. The molecule has 0 bridgehead atoms. The van der Waals surface area contributed by atoms with Gasteiger partial charge in [0.25, 0.3) is 0 Å². The van der Waals surface area contributed by atoms with E-state index < -0.39 is 6.09 Å². The first kappa shape index (κ1) is 12.0. The Bertz CT molecular complexity index is 308. The van der Waals surface area contributed by atoms with E-state index in [1.54, 1.807) is 4.90 Å². The summed E-state index contributed by atoms with van der Waals surface area (Å²) in [6, 6.07) is -0.161. The lowest BCUT2D eigenvalue weighted by Gasteiger charge is -2.41. The molecule has 2 atom stereocenters. The van der Waals surface area contributed by atoms with Gasteiger partial charge in [-0.3, -0.25) is 0 Å². The van der Waals surface area contributed by atoms with E-state index in [0.29, 0.717) is 0 Å². The van der Waals surface area contributed by atoms with Gasteiger partial charge in [-0.05, 0) is 19.3 Å². The lowest BCUT2D eigenvalue weighted by Crippen LogP contribution is -2.59. The second kappa shape index (κ2) is 5.25. The van der Waals surface area contributed by atoms with Gasteiger partial charge in [0.1, 0.15) is 0 Å². The van der Waals surface area contributed by atoms with Crippen molar-refractivity contribution in [3.8, 4) is 0 Å². The van der Waals surface area contributed by atoms with Gasteiger partial charge in [-0.2, -0.15) is 0 Å². The summed E-state index contributed by atoms with van der Waals surface area (Å²) in [6.45, 7) is 1.45. The van der Waals surface area contributed by atoms with Crippen LogP contribution in [-0.4, -0.2) is 47.3 Å². The number of nitrogens with zero attached hydrogens (tertiary/aromatic N) is 1. The Morgan fingerprint density at radius 2 is 2.12 bits per heavy atom. The molecule has 0 unspecified atom stereocenters. The van der Waals surface area contributed by atoms with Crippen LogP contribution < -0.4 is 10.6 Å². The van der Waals surface area contributed by atoms with Crippen molar-refractivity contribution < 1.29 is 14.7 Å². The molecule has 2 aliphatic rings. The monoisotopic (exact) mass is 241 g/mol. The molecule has 0 aromatic rings. The van der Waals surface area contributed by atoms with Crippen molar-refractivity contribution >= 4 is 12.1 Å². The van der Waals surface area contributed by atoms with Crippen molar-refractivity contribution in [3.63, 3.8) is 0 Å². The van der Waals surface area contributed by atoms with E-state index >= 15 is 0 Å². The summed E-state index contributed by atoms with van der Waals surface area (Å²) in [7, 11) is 0. The number of urea groups is 1. The zero-order valence-corrected chi connectivity index (χ0v) is 9.82. The quantitative estimate of drug-likeness (QED) is 0.674. The fourth-order valence-electron chi connectivity index (χ4n) is 2.78. The maximum Gasteiger partial charge on any atom is 0.404 e. The van der Waals surface area contributed by atoms with Gasteiger partial charge in [-0.25, -0.2) is 9.59 Å². The van der Waals surface area contributed by atoms with Gasteiger partial charge in [0.2, 0.25) is 0 Å². The highest BCUT2D eigenvalue weighted by atomic mass is 16.4. The average Bonchev–Trinajstić information content (AvgIpc) is 2.30. The number of carbonyl (C=O) groups is 2. The molecule has 3 N–H and O–H groups in total. The minimum atomic E-state index is -1.00. The van der Waals surface area contributed by atoms with Gasteiger partial charge in [-0.1, -0.05) is 12.8 Å². The van der Waals surface area contributed by atoms with Gasteiger partial charge >= 0.3 is 12.1 Å². The zero-order valence-electron chi connectivity index (χ0n) is 9.82. The molecule has 17 heavy (non-hydrogen) atoms. The molecular formula is C11H19N3O3. The molecule has 6 nitrogen and oxygen atoms in total. The third kappa shape index (κ3) is 2.81. The fourth-order valence-corrected chi connectivity index (χ4v) is 2.78. The minimum Gasteiger partial charge on any atom is -0.465 e. The number of hydrogen-bond donors (Lipinski definition) is 3. The Hall–Kier alpha value is -1.46. The third-order valence-electron chi connectivity index (χ3n) is 3.55. The Morgan fingerprint density at radius 3 is 2.82 bits per heavy atom. The standard InChI is InChI=1S/C11H19N3O3/c15-10-12-6-3-7-14(10)9-5-2-1-4-8(9)13-11(16)17/h8-9,13H,1-7H2,(H,12,15)(H,16,17)/t8-,9-/m1/s1.